The van der Waals surface area contributed by atoms with Crippen LogP contribution in [0.5, 0.6) is 0 Å². The fourth-order valence-corrected chi connectivity index (χ4v) is 3.68. The molecular weight excluding hydrogens is 280 g/mol. The van der Waals surface area contributed by atoms with Crippen molar-refractivity contribution in [3.05, 3.63) is 0 Å². The number of hydrogen-bond acceptors (Lipinski definition) is 4. The van der Waals surface area contributed by atoms with E-state index in [9.17, 15) is 9.90 Å². The zero-order chi connectivity index (χ0) is 16.4. The number of aliphatic hydroxyl groups is 1. The Morgan fingerprint density at radius 1 is 1.27 bits per heavy atom. The zero-order valence-electron chi connectivity index (χ0n) is 14.3. The van der Waals surface area contributed by atoms with Crippen LogP contribution in [-0.4, -0.2) is 46.4 Å². The first-order chi connectivity index (χ1) is 10.2. The number of β-amino-alcohol motifs (C(OH)–C–C–N with tert-alkyl or cyclic N) is 1. The highest BCUT2D eigenvalue weighted by Crippen LogP contribution is 2.34. The quantitative estimate of drug-likeness (QED) is 0.769. The minimum atomic E-state index is -0.966. The van der Waals surface area contributed by atoms with Crippen molar-refractivity contribution in [1.82, 2.24) is 4.90 Å². The molecule has 2 atom stereocenters. The van der Waals surface area contributed by atoms with Crippen LogP contribution < -0.4 is 5.73 Å². The number of hydrogen-bond donors (Lipinski definition) is 2. The first kappa shape index (κ1) is 17.5. The molecule has 1 amide bonds. The highest BCUT2D eigenvalue weighted by atomic mass is 16.6. The van der Waals surface area contributed by atoms with E-state index in [1.54, 1.807) is 4.90 Å². The van der Waals surface area contributed by atoms with E-state index in [4.69, 9.17) is 10.5 Å². The molecule has 1 heterocycles. The average molecular weight is 312 g/mol. The van der Waals surface area contributed by atoms with Gasteiger partial charge in [-0.3, -0.25) is 0 Å². The number of carbonyl (C=O) groups is 1. The number of nitrogens with two attached hydrogens (primary N) is 1. The van der Waals surface area contributed by atoms with Gasteiger partial charge < -0.3 is 20.5 Å². The second kappa shape index (κ2) is 6.75. The predicted molar refractivity (Wildman–Crippen MR) is 86.5 cm³/mol. The van der Waals surface area contributed by atoms with Crippen LogP contribution in [0.15, 0.2) is 0 Å². The molecule has 2 unspecified atom stereocenters. The summed E-state index contributed by atoms with van der Waals surface area (Å²) in [5, 5.41) is 10.9. The molecule has 0 aromatic rings. The summed E-state index contributed by atoms with van der Waals surface area (Å²) in [7, 11) is 0. The Morgan fingerprint density at radius 2 is 1.86 bits per heavy atom. The summed E-state index contributed by atoms with van der Waals surface area (Å²) in [6, 6.07) is -0.252. The molecule has 1 saturated carbocycles. The Kier molecular flexibility index (Phi) is 5.38. The molecule has 0 aromatic carbocycles. The molecule has 2 fully saturated rings. The van der Waals surface area contributed by atoms with Crippen molar-refractivity contribution in [2.75, 3.05) is 13.1 Å². The molecule has 2 rings (SSSR count). The van der Waals surface area contributed by atoms with E-state index in [0.29, 0.717) is 25.4 Å². The second-order valence-corrected chi connectivity index (χ2v) is 8.03. The van der Waals surface area contributed by atoms with Crippen molar-refractivity contribution in [3.8, 4) is 0 Å². The van der Waals surface area contributed by atoms with Crippen molar-refractivity contribution in [2.45, 2.75) is 83.0 Å². The molecule has 1 aliphatic carbocycles. The third-order valence-corrected chi connectivity index (χ3v) is 4.96. The predicted octanol–water partition coefficient (Wildman–Crippen LogP) is 2.66. The van der Waals surface area contributed by atoms with E-state index >= 15 is 0 Å². The first-order valence-electron chi connectivity index (χ1n) is 8.67. The highest BCUT2D eigenvalue weighted by Gasteiger charge is 2.46. The standard InChI is InChI=1S/C17H32N2O3/c1-16(2,3)22-15(20)19-11-10-17(21,12-19)14(18)13-8-6-4-5-7-9-13/h13-14,21H,4-12,18H2,1-3H3. The average Bonchev–Trinajstić information content (AvgIpc) is 2.65. The molecule has 5 nitrogen and oxygen atoms in total. The van der Waals surface area contributed by atoms with Gasteiger partial charge in [0.05, 0.1) is 12.1 Å². The van der Waals surface area contributed by atoms with Crippen LogP contribution >= 0.6 is 0 Å². The van der Waals surface area contributed by atoms with Crippen LogP contribution in [0.4, 0.5) is 4.79 Å². The van der Waals surface area contributed by atoms with Crippen LogP contribution in [0.2, 0.25) is 0 Å². The molecule has 0 radical (unpaired) electrons. The van der Waals surface area contributed by atoms with Gasteiger partial charge in [0.1, 0.15) is 5.60 Å². The molecule has 0 aromatic heterocycles. The summed E-state index contributed by atoms with van der Waals surface area (Å²) in [6.07, 6.45) is 7.32. The smallest absolute Gasteiger partial charge is 0.410 e. The van der Waals surface area contributed by atoms with Gasteiger partial charge >= 0.3 is 6.09 Å². The molecule has 5 heteroatoms. The maximum absolute atomic E-state index is 12.2. The Balaban J connectivity index is 1.95. The Labute approximate surface area is 134 Å². The lowest BCUT2D eigenvalue weighted by molar-refractivity contribution is -0.00759. The molecule has 0 spiro atoms. The van der Waals surface area contributed by atoms with Crippen LogP contribution in [0, 0.1) is 5.92 Å². The third kappa shape index (κ3) is 4.35. The van der Waals surface area contributed by atoms with Gasteiger partial charge in [-0.1, -0.05) is 25.7 Å². The fourth-order valence-electron chi connectivity index (χ4n) is 3.68. The van der Waals surface area contributed by atoms with E-state index in [1.807, 2.05) is 20.8 Å². The number of nitrogens with zero attached hydrogens (tertiary/aromatic N) is 1. The number of likely N-dealkylation sites (tertiary alicyclic amines) is 1. The molecule has 1 aliphatic heterocycles. The molecule has 3 N–H and O–H groups in total. The summed E-state index contributed by atoms with van der Waals surface area (Å²) in [5.41, 5.74) is 4.94. The van der Waals surface area contributed by atoms with Crippen molar-refractivity contribution >= 4 is 6.09 Å². The maximum atomic E-state index is 12.2. The van der Waals surface area contributed by atoms with Crippen molar-refractivity contribution in [3.63, 3.8) is 0 Å². The van der Waals surface area contributed by atoms with Gasteiger partial charge in [0.15, 0.2) is 0 Å². The summed E-state index contributed by atoms with van der Waals surface area (Å²) in [5.74, 6) is 0.367. The number of ether oxygens (including phenoxy) is 1. The van der Waals surface area contributed by atoms with Gasteiger partial charge in [0.25, 0.3) is 0 Å². The van der Waals surface area contributed by atoms with Crippen molar-refractivity contribution < 1.29 is 14.6 Å². The maximum Gasteiger partial charge on any atom is 0.410 e. The van der Waals surface area contributed by atoms with Crippen LogP contribution in [0.3, 0.4) is 0 Å². The topological polar surface area (TPSA) is 75.8 Å². The fraction of sp³-hybridized carbons (Fsp3) is 0.941. The van der Waals surface area contributed by atoms with E-state index in [2.05, 4.69) is 0 Å². The zero-order valence-corrected chi connectivity index (χ0v) is 14.3. The normalized spacial score (nSPS) is 29.2. The molecule has 22 heavy (non-hydrogen) atoms. The minimum Gasteiger partial charge on any atom is -0.444 e. The van der Waals surface area contributed by atoms with E-state index in [0.717, 1.165) is 12.8 Å². The van der Waals surface area contributed by atoms with Gasteiger partial charge in [-0.25, -0.2) is 4.79 Å². The van der Waals surface area contributed by atoms with Crippen LogP contribution in [0.25, 0.3) is 0 Å². The van der Waals surface area contributed by atoms with E-state index in [1.165, 1.54) is 25.7 Å². The van der Waals surface area contributed by atoms with Gasteiger partial charge in [0.2, 0.25) is 0 Å². The van der Waals surface area contributed by atoms with Crippen LogP contribution in [-0.2, 0) is 4.74 Å². The summed E-state index contributed by atoms with van der Waals surface area (Å²) >= 11 is 0. The molecule has 0 bridgehead atoms. The molecule has 2 aliphatic rings. The number of rotatable bonds is 2. The molecule has 128 valence electrons. The highest BCUT2D eigenvalue weighted by molar-refractivity contribution is 5.68. The summed E-state index contributed by atoms with van der Waals surface area (Å²) < 4.78 is 5.40. The van der Waals surface area contributed by atoms with E-state index in [-0.39, 0.29) is 12.1 Å². The lowest BCUT2D eigenvalue weighted by atomic mass is 9.80. The Hall–Kier alpha value is -0.810. The Bertz CT molecular complexity index is 386. The summed E-state index contributed by atoms with van der Waals surface area (Å²) in [6.45, 7) is 6.37. The molecular formula is C17H32N2O3. The van der Waals surface area contributed by atoms with Crippen molar-refractivity contribution in [1.29, 1.82) is 0 Å². The van der Waals surface area contributed by atoms with Crippen molar-refractivity contribution in [2.24, 2.45) is 11.7 Å². The minimum absolute atomic E-state index is 0.252. The second-order valence-electron chi connectivity index (χ2n) is 8.03. The summed E-state index contributed by atoms with van der Waals surface area (Å²) in [4.78, 5) is 13.8. The number of carbonyl (C=O) groups excluding carboxylic acids is 1. The molecule has 1 saturated heterocycles. The van der Waals surface area contributed by atoms with Crippen LogP contribution in [0.1, 0.15) is 65.7 Å². The lowest BCUT2D eigenvalue weighted by Crippen LogP contribution is -2.54. The largest absolute Gasteiger partial charge is 0.444 e. The first-order valence-corrected chi connectivity index (χ1v) is 8.67. The van der Waals surface area contributed by atoms with Gasteiger partial charge in [-0.2, -0.15) is 0 Å². The Morgan fingerprint density at radius 3 is 2.41 bits per heavy atom. The monoisotopic (exact) mass is 312 g/mol. The van der Waals surface area contributed by atoms with Gasteiger partial charge in [-0.15, -0.1) is 0 Å². The number of amides is 1. The SMILES string of the molecule is CC(C)(C)OC(=O)N1CCC(O)(C(N)C2CCCCCC2)C1. The van der Waals surface area contributed by atoms with E-state index < -0.39 is 11.2 Å². The lowest BCUT2D eigenvalue weighted by Gasteiger charge is -2.35. The van der Waals surface area contributed by atoms with Gasteiger partial charge in [0, 0.05) is 12.6 Å². The third-order valence-electron chi connectivity index (χ3n) is 4.96. The van der Waals surface area contributed by atoms with Gasteiger partial charge in [-0.05, 0) is 46.0 Å².